The largest absolute Gasteiger partial charge is 0.342 e. The van der Waals surface area contributed by atoms with Gasteiger partial charge in [-0.05, 0) is 43.5 Å². The van der Waals surface area contributed by atoms with E-state index in [1.807, 2.05) is 24.9 Å². The van der Waals surface area contributed by atoms with Crippen LogP contribution >= 0.6 is 23.4 Å². The normalized spacial score (nSPS) is 15.1. The van der Waals surface area contributed by atoms with Gasteiger partial charge in [-0.25, -0.2) is 0 Å². The van der Waals surface area contributed by atoms with E-state index in [9.17, 15) is 9.59 Å². The molecule has 1 aliphatic carbocycles. The second-order valence-corrected chi connectivity index (χ2v) is 7.72. The number of carbonyl (C=O) groups is 2. The topological polar surface area (TPSA) is 49.4 Å². The number of thioether (sulfide) groups is 1. The summed E-state index contributed by atoms with van der Waals surface area (Å²) in [6.07, 6.45) is 5.89. The molecule has 0 spiro atoms. The van der Waals surface area contributed by atoms with Crippen molar-refractivity contribution in [2.45, 2.75) is 45.1 Å². The van der Waals surface area contributed by atoms with Gasteiger partial charge in [0.15, 0.2) is 0 Å². The monoisotopic (exact) mass is 368 g/mol. The Balaban J connectivity index is 1.72. The number of hydrogen-bond donors (Lipinski definition) is 1. The van der Waals surface area contributed by atoms with Crippen LogP contribution in [0.25, 0.3) is 0 Å². The van der Waals surface area contributed by atoms with Crippen molar-refractivity contribution in [1.82, 2.24) is 4.90 Å². The smallest absolute Gasteiger partial charge is 0.234 e. The van der Waals surface area contributed by atoms with Crippen LogP contribution in [0, 0.1) is 6.92 Å². The van der Waals surface area contributed by atoms with Gasteiger partial charge in [-0.3, -0.25) is 9.59 Å². The molecular weight excluding hydrogens is 344 g/mol. The summed E-state index contributed by atoms with van der Waals surface area (Å²) in [7, 11) is 1.88. The van der Waals surface area contributed by atoms with Gasteiger partial charge in [0.05, 0.1) is 11.5 Å². The van der Waals surface area contributed by atoms with Crippen molar-refractivity contribution in [3.63, 3.8) is 0 Å². The number of amides is 2. The van der Waals surface area contributed by atoms with Crippen molar-refractivity contribution in [1.29, 1.82) is 0 Å². The van der Waals surface area contributed by atoms with E-state index in [2.05, 4.69) is 5.32 Å². The molecule has 0 aliphatic heterocycles. The Hall–Kier alpha value is -1.20. The minimum atomic E-state index is -0.0986. The van der Waals surface area contributed by atoms with Gasteiger partial charge >= 0.3 is 0 Å². The first-order valence-electron chi connectivity index (χ1n) is 8.37. The summed E-state index contributed by atoms with van der Waals surface area (Å²) in [5.41, 5.74) is 1.68. The van der Waals surface area contributed by atoms with Gasteiger partial charge in [0.25, 0.3) is 0 Å². The first-order chi connectivity index (χ1) is 11.5. The summed E-state index contributed by atoms with van der Waals surface area (Å²) in [6, 6.07) is 5.73. The van der Waals surface area contributed by atoms with E-state index < -0.39 is 0 Å². The number of carbonyl (C=O) groups excluding carboxylic acids is 2. The van der Waals surface area contributed by atoms with Gasteiger partial charge in [-0.1, -0.05) is 30.9 Å². The highest BCUT2D eigenvalue weighted by Crippen LogP contribution is 2.22. The van der Waals surface area contributed by atoms with Crippen LogP contribution in [-0.2, 0) is 9.59 Å². The van der Waals surface area contributed by atoms with Crippen LogP contribution in [0.5, 0.6) is 0 Å². The molecule has 1 aliphatic rings. The number of benzene rings is 1. The molecule has 1 fully saturated rings. The van der Waals surface area contributed by atoms with E-state index in [0.29, 0.717) is 16.8 Å². The average molecular weight is 369 g/mol. The Labute approximate surface area is 153 Å². The minimum absolute atomic E-state index is 0.0986. The standard InChI is InChI=1S/C18H25ClN2O2S/c1-13-10-14(19)8-9-16(13)20-17(22)11-24-12-18(23)21(2)15-6-4-3-5-7-15/h8-10,15H,3-7,11-12H2,1-2H3,(H,20,22). The molecule has 4 nitrogen and oxygen atoms in total. The molecule has 1 aromatic rings. The zero-order valence-electron chi connectivity index (χ0n) is 14.3. The van der Waals surface area contributed by atoms with Crippen molar-refractivity contribution in [2.24, 2.45) is 0 Å². The fourth-order valence-corrected chi connectivity index (χ4v) is 3.92. The van der Waals surface area contributed by atoms with Gasteiger partial charge in [-0.15, -0.1) is 11.8 Å². The van der Waals surface area contributed by atoms with Crippen molar-refractivity contribution in [3.8, 4) is 0 Å². The number of nitrogens with one attached hydrogen (secondary N) is 1. The maximum atomic E-state index is 12.2. The first kappa shape index (κ1) is 19.1. The van der Waals surface area contributed by atoms with Gasteiger partial charge < -0.3 is 10.2 Å². The Bertz CT molecular complexity index is 588. The predicted molar refractivity (Wildman–Crippen MR) is 102 cm³/mol. The van der Waals surface area contributed by atoms with Crippen LogP contribution in [0.1, 0.15) is 37.7 Å². The number of rotatable bonds is 6. The summed E-state index contributed by atoms with van der Waals surface area (Å²) in [5, 5.41) is 3.51. The molecule has 2 rings (SSSR count). The summed E-state index contributed by atoms with van der Waals surface area (Å²) >= 11 is 7.27. The number of hydrogen-bond acceptors (Lipinski definition) is 3. The second-order valence-electron chi connectivity index (χ2n) is 6.30. The number of nitrogens with zero attached hydrogens (tertiary/aromatic N) is 1. The maximum Gasteiger partial charge on any atom is 0.234 e. The lowest BCUT2D eigenvalue weighted by Gasteiger charge is -2.31. The molecule has 0 heterocycles. The van der Waals surface area contributed by atoms with Crippen molar-refractivity contribution in [3.05, 3.63) is 28.8 Å². The van der Waals surface area contributed by atoms with Gasteiger partial charge in [0.1, 0.15) is 0 Å². The third-order valence-corrected chi connectivity index (χ3v) is 5.59. The molecule has 0 atom stereocenters. The first-order valence-corrected chi connectivity index (χ1v) is 9.90. The van der Waals surface area contributed by atoms with Gasteiger partial charge in [0, 0.05) is 23.8 Å². The Morgan fingerprint density at radius 2 is 1.96 bits per heavy atom. The third kappa shape index (κ3) is 5.71. The number of halogens is 1. The lowest BCUT2D eigenvalue weighted by molar-refractivity contribution is -0.129. The van der Waals surface area contributed by atoms with Crippen molar-refractivity contribution in [2.75, 3.05) is 23.9 Å². The quantitative estimate of drug-likeness (QED) is 0.821. The molecule has 0 unspecified atom stereocenters. The van der Waals surface area contributed by atoms with E-state index in [4.69, 9.17) is 11.6 Å². The number of aryl methyl sites for hydroxylation is 1. The van der Waals surface area contributed by atoms with Gasteiger partial charge in [-0.2, -0.15) is 0 Å². The third-order valence-electron chi connectivity index (χ3n) is 4.44. The molecule has 1 aromatic carbocycles. The molecule has 0 bridgehead atoms. The SMILES string of the molecule is Cc1cc(Cl)ccc1NC(=O)CSCC(=O)N(C)C1CCCCC1. The summed E-state index contributed by atoms with van der Waals surface area (Å²) in [5.74, 6) is 0.632. The predicted octanol–water partition coefficient (Wildman–Crippen LogP) is 4.11. The van der Waals surface area contributed by atoms with E-state index in [0.717, 1.165) is 24.1 Å². The molecule has 24 heavy (non-hydrogen) atoms. The maximum absolute atomic E-state index is 12.2. The van der Waals surface area contributed by atoms with Crippen LogP contribution in [-0.4, -0.2) is 41.3 Å². The zero-order valence-corrected chi connectivity index (χ0v) is 15.9. The highest BCUT2D eigenvalue weighted by molar-refractivity contribution is 8.00. The van der Waals surface area contributed by atoms with E-state index in [-0.39, 0.29) is 17.6 Å². The average Bonchev–Trinajstić information content (AvgIpc) is 2.57. The molecule has 0 aromatic heterocycles. The van der Waals surface area contributed by atoms with Crippen LogP contribution in [0.3, 0.4) is 0 Å². The molecule has 132 valence electrons. The summed E-state index contributed by atoms with van der Waals surface area (Å²) in [4.78, 5) is 26.1. The molecule has 0 radical (unpaired) electrons. The Kier molecular flexibility index (Phi) is 7.43. The van der Waals surface area contributed by atoms with Crippen molar-refractivity contribution < 1.29 is 9.59 Å². The molecule has 6 heteroatoms. The minimum Gasteiger partial charge on any atom is -0.342 e. The Morgan fingerprint density at radius 1 is 1.25 bits per heavy atom. The highest BCUT2D eigenvalue weighted by atomic mass is 35.5. The summed E-state index contributed by atoms with van der Waals surface area (Å²) < 4.78 is 0. The van der Waals surface area contributed by atoms with Crippen LogP contribution < -0.4 is 5.32 Å². The van der Waals surface area contributed by atoms with E-state index in [1.54, 1.807) is 12.1 Å². The fourth-order valence-electron chi connectivity index (χ4n) is 2.96. The number of anilines is 1. The van der Waals surface area contributed by atoms with Crippen LogP contribution in [0.15, 0.2) is 18.2 Å². The van der Waals surface area contributed by atoms with E-state index >= 15 is 0 Å². The van der Waals surface area contributed by atoms with Gasteiger partial charge in [0.2, 0.25) is 11.8 Å². The van der Waals surface area contributed by atoms with Crippen LogP contribution in [0.2, 0.25) is 5.02 Å². The fraction of sp³-hybridized carbons (Fsp3) is 0.556. The lowest BCUT2D eigenvalue weighted by atomic mass is 9.94. The second kappa shape index (κ2) is 9.33. The molecule has 1 N–H and O–H groups in total. The zero-order chi connectivity index (χ0) is 17.5. The molecule has 2 amide bonds. The molecule has 0 saturated heterocycles. The van der Waals surface area contributed by atoms with Crippen LogP contribution in [0.4, 0.5) is 5.69 Å². The molecule has 1 saturated carbocycles. The lowest BCUT2D eigenvalue weighted by Crippen LogP contribution is -2.39. The molecular formula is C18H25ClN2O2S. The summed E-state index contributed by atoms with van der Waals surface area (Å²) in [6.45, 7) is 1.90. The van der Waals surface area contributed by atoms with E-state index in [1.165, 1.54) is 31.0 Å². The van der Waals surface area contributed by atoms with Crippen molar-refractivity contribution >= 4 is 40.9 Å². The highest BCUT2D eigenvalue weighted by Gasteiger charge is 2.21. The Morgan fingerprint density at radius 3 is 2.62 bits per heavy atom.